The molecule has 0 fully saturated rings. The summed E-state index contributed by atoms with van der Waals surface area (Å²) < 4.78 is 44.6. The molecule has 3 aromatic rings. The van der Waals surface area contributed by atoms with Crippen LogP contribution in [0.3, 0.4) is 0 Å². The molecule has 2 N–H and O–H groups in total. The maximum Gasteiger partial charge on any atom is 0.256 e. The molecule has 0 radical (unpaired) electrons. The third kappa shape index (κ3) is 6.07. The third-order valence-electron chi connectivity index (χ3n) is 4.83. The van der Waals surface area contributed by atoms with E-state index >= 15 is 0 Å². The number of hydrogen-bond donors (Lipinski definition) is 2. The molecular weight excluding hydrogens is 445 g/mol. The Hall–Kier alpha value is -3.46. The minimum Gasteiger partial charge on any atom is -0.496 e. The topological polar surface area (TPSA) is 101 Å². The van der Waals surface area contributed by atoms with Gasteiger partial charge in [-0.2, -0.15) is 0 Å². The first kappa shape index (κ1) is 24.2. The molecule has 0 unspecified atom stereocenters. The predicted octanol–water partition coefficient (Wildman–Crippen LogP) is 4.42. The number of rotatable bonds is 6. The first-order valence-corrected chi connectivity index (χ1v) is 12.0. The first-order valence-electron chi connectivity index (χ1n) is 10.1. The van der Waals surface area contributed by atoms with Crippen molar-refractivity contribution in [3.63, 3.8) is 0 Å². The summed E-state index contributed by atoms with van der Waals surface area (Å²) in [5, 5.41) is 0. The van der Waals surface area contributed by atoms with E-state index in [-0.39, 0.29) is 11.0 Å². The van der Waals surface area contributed by atoms with Gasteiger partial charge in [0.05, 0.1) is 30.9 Å². The fraction of sp³-hybridized carbons (Fsp3) is 0.250. The van der Waals surface area contributed by atoms with Gasteiger partial charge in [0.15, 0.2) is 0 Å². The highest BCUT2D eigenvalue weighted by molar-refractivity contribution is 7.92. The van der Waals surface area contributed by atoms with Crippen molar-refractivity contribution in [1.82, 2.24) is 9.97 Å². The number of nitrogens with zero attached hydrogens (tertiary/aromatic N) is 1. The zero-order chi connectivity index (χ0) is 24.4. The molecule has 2 aromatic heterocycles. The van der Waals surface area contributed by atoms with Gasteiger partial charge in [-0.1, -0.05) is 20.8 Å². The zero-order valence-electron chi connectivity index (χ0n) is 19.1. The summed E-state index contributed by atoms with van der Waals surface area (Å²) in [6.45, 7) is 6.06. The highest BCUT2D eigenvalue weighted by atomic mass is 32.2. The maximum absolute atomic E-state index is 13.9. The van der Waals surface area contributed by atoms with Gasteiger partial charge in [-0.3, -0.25) is 14.5 Å². The second-order valence-corrected chi connectivity index (χ2v) is 10.4. The molecule has 9 heteroatoms. The van der Waals surface area contributed by atoms with E-state index in [0.29, 0.717) is 28.3 Å². The number of sulfonamides is 1. The number of halogens is 1. The second kappa shape index (κ2) is 9.19. The molecule has 3 rings (SSSR count). The van der Waals surface area contributed by atoms with Gasteiger partial charge in [0.25, 0.3) is 5.56 Å². The van der Waals surface area contributed by atoms with Crippen molar-refractivity contribution in [3.8, 4) is 16.9 Å². The summed E-state index contributed by atoms with van der Waals surface area (Å²) in [5.74, 6) is 0.0903. The van der Waals surface area contributed by atoms with Crippen molar-refractivity contribution in [1.29, 1.82) is 0 Å². The standard InChI is InChI=1S/C24H26FN3O4S/c1-24(2,3)21-11-16(20-12-17(25)13-27-23(20)29)10-15(22(21)32-4)6-7-18-8-9-19(14-26-18)28-33(5,30)31/h6-14,28H,1-5H3,(H,27,29)/b7-6+. The van der Waals surface area contributed by atoms with Gasteiger partial charge < -0.3 is 9.72 Å². The number of hydrogen-bond acceptors (Lipinski definition) is 5. The molecule has 0 spiro atoms. The van der Waals surface area contributed by atoms with Crippen molar-refractivity contribution < 1.29 is 17.5 Å². The van der Waals surface area contributed by atoms with Crippen molar-refractivity contribution >= 4 is 27.9 Å². The highest BCUT2D eigenvalue weighted by Crippen LogP contribution is 2.38. The predicted molar refractivity (Wildman–Crippen MR) is 129 cm³/mol. The Bertz CT molecular complexity index is 1360. The van der Waals surface area contributed by atoms with E-state index in [1.807, 2.05) is 26.8 Å². The molecule has 33 heavy (non-hydrogen) atoms. The lowest BCUT2D eigenvalue weighted by Gasteiger charge is -2.24. The molecule has 0 bridgehead atoms. The Morgan fingerprint density at radius 1 is 1.15 bits per heavy atom. The normalized spacial score (nSPS) is 12.2. The molecule has 1 aromatic carbocycles. The van der Waals surface area contributed by atoms with E-state index in [1.165, 1.54) is 12.3 Å². The van der Waals surface area contributed by atoms with E-state index in [0.717, 1.165) is 18.0 Å². The lowest BCUT2D eigenvalue weighted by Crippen LogP contribution is -2.15. The lowest BCUT2D eigenvalue weighted by atomic mass is 9.83. The van der Waals surface area contributed by atoms with Gasteiger partial charge in [0.2, 0.25) is 10.0 Å². The molecule has 0 amide bonds. The fourth-order valence-electron chi connectivity index (χ4n) is 3.34. The Morgan fingerprint density at radius 2 is 1.88 bits per heavy atom. The summed E-state index contributed by atoms with van der Waals surface area (Å²) in [7, 11) is -1.82. The monoisotopic (exact) mass is 471 g/mol. The molecule has 0 aliphatic rings. The number of nitrogens with one attached hydrogen (secondary N) is 2. The van der Waals surface area contributed by atoms with Crippen LogP contribution in [0.1, 0.15) is 37.6 Å². The second-order valence-electron chi connectivity index (χ2n) is 8.64. The van der Waals surface area contributed by atoms with Crippen molar-refractivity contribution in [3.05, 3.63) is 75.7 Å². The molecule has 0 aliphatic heterocycles. The van der Waals surface area contributed by atoms with Crippen LogP contribution in [0.25, 0.3) is 23.3 Å². The van der Waals surface area contributed by atoms with Crippen LogP contribution in [0.15, 0.2) is 47.5 Å². The van der Waals surface area contributed by atoms with Crippen LogP contribution in [0.2, 0.25) is 0 Å². The summed E-state index contributed by atoms with van der Waals surface area (Å²) in [6, 6.07) is 8.07. The van der Waals surface area contributed by atoms with Crippen LogP contribution in [0.5, 0.6) is 5.75 Å². The van der Waals surface area contributed by atoms with Crippen molar-refractivity contribution in [2.24, 2.45) is 0 Å². The summed E-state index contributed by atoms with van der Waals surface area (Å²) in [5.41, 5.74) is 2.54. The van der Waals surface area contributed by atoms with Gasteiger partial charge in [0.1, 0.15) is 11.6 Å². The molecule has 0 saturated heterocycles. The number of aromatic nitrogens is 2. The molecule has 0 saturated carbocycles. The highest BCUT2D eigenvalue weighted by Gasteiger charge is 2.23. The molecular formula is C24H26FN3O4S. The van der Waals surface area contributed by atoms with E-state index in [4.69, 9.17) is 4.74 Å². The number of anilines is 1. The number of benzene rings is 1. The van der Waals surface area contributed by atoms with Crippen LogP contribution in [-0.4, -0.2) is 31.8 Å². The number of ether oxygens (including phenoxy) is 1. The number of pyridine rings is 2. The number of aromatic amines is 1. The Kier molecular flexibility index (Phi) is 6.73. The number of H-pyrrole nitrogens is 1. The SMILES string of the molecule is COc1c(/C=C/c2ccc(NS(C)(=O)=O)cn2)cc(-c2cc(F)c[nH]c2=O)cc1C(C)(C)C. The van der Waals surface area contributed by atoms with Crippen molar-refractivity contribution in [2.75, 3.05) is 18.1 Å². The van der Waals surface area contributed by atoms with Crippen LogP contribution in [0, 0.1) is 5.82 Å². The summed E-state index contributed by atoms with van der Waals surface area (Å²) >= 11 is 0. The zero-order valence-corrected chi connectivity index (χ0v) is 19.9. The van der Waals surface area contributed by atoms with Gasteiger partial charge in [-0.25, -0.2) is 12.8 Å². The average molecular weight is 472 g/mol. The van der Waals surface area contributed by atoms with E-state index in [2.05, 4.69) is 14.7 Å². The maximum atomic E-state index is 13.9. The average Bonchev–Trinajstić information content (AvgIpc) is 2.72. The molecule has 7 nitrogen and oxygen atoms in total. The molecule has 174 valence electrons. The molecule has 0 aliphatic carbocycles. The largest absolute Gasteiger partial charge is 0.496 e. The smallest absolute Gasteiger partial charge is 0.256 e. The fourth-order valence-corrected chi connectivity index (χ4v) is 3.89. The quantitative estimate of drug-likeness (QED) is 0.554. The Balaban J connectivity index is 2.10. The first-order chi connectivity index (χ1) is 15.4. The minimum absolute atomic E-state index is 0.215. The lowest BCUT2D eigenvalue weighted by molar-refractivity contribution is 0.397. The third-order valence-corrected chi connectivity index (χ3v) is 5.44. The summed E-state index contributed by atoms with van der Waals surface area (Å²) in [4.78, 5) is 19.0. The van der Waals surface area contributed by atoms with Crippen LogP contribution in [0.4, 0.5) is 10.1 Å². The van der Waals surface area contributed by atoms with Crippen LogP contribution < -0.4 is 15.0 Å². The molecule has 2 heterocycles. The Morgan fingerprint density at radius 3 is 2.45 bits per heavy atom. The van der Waals surface area contributed by atoms with E-state index in [9.17, 15) is 17.6 Å². The van der Waals surface area contributed by atoms with Gasteiger partial charge in [-0.15, -0.1) is 0 Å². The number of methoxy groups -OCH3 is 1. The molecule has 0 atom stereocenters. The van der Waals surface area contributed by atoms with Gasteiger partial charge in [0, 0.05) is 22.9 Å². The minimum atomic E-state index is -3.39. The van der Waals surface area contributed by atoms with E-state index in [1.54, 1.807) is 37.5 Å². The van der Waals surface area contributed by atoms with E-state index < -0.39 is 21.4 Å². The summed E-state index contributed by atoms with van der Waals surface area (Å²) in [6.07, 6.45) is 7.04. The van der Waals surface area contributed by atoms with Crippen molar-refractivity contribution in [2.45, 2.75) is 26.2 Å². The van der Waals surface area contributed by atoms with Gasteiger partial charge in [-0.05, 0) is 53.5 Å². The van der Waals surface area contributed by atoms with Crippen LogP contribution >= 0.6 is 0 Å². The van der Waals surface area contributed by atoms with Crippen LogP contribution in [-0.2, 0) is 15.4 Å². The Labute approximate surface area is 192 Å². The van der Waals surface area contributed by atoms with Gasteiger partial charge >= 0.3 is 0 Å².